The highest BCUT2D eigenvalue weighted by molar-refractivity contribution is 5.81. The number of fused-ring (bicyclic) bond motifs is 4. The fourth-order valence-electron chi connectivity index (χ4n) is 17.7. The van der Waals surface area contributed by atoms with Crippen molar-refractivity contribution in [2.75, 3.05) is 26.4 Å². The van der Waals surface area contributed by atoms with Gasteiger partial charge < -0.3 is 18.9 Å². The third-order valence-electron chi connectivity index (χ3n) is 18.7. The average molecular weight is 631 g/mol. The molecule has 0 N–H and O–H groups in total. The van der Waals surface area contributed by atoms with E-state index in [9.17, 15) is 9.59 Å². The highest BCUT2D eigenvalue weighted by atomic mass is 16.7. The molecule has 0 radical (unpaired) electrons. The third-order valence-corrected chi connectivity index (χ3v) is 18.7. The van der Waals surface area contributed by atoms with Gasteiger partial charge in [-0.25, -0.2) is 0 Å². The van der Waals surface area contributed by atoms with E-state index in [0.29, 0.717) is 47.7 Å². The zero-order valence-corrected chi connectivity index (χ0v) is 28.0. The SMILES string of the molecule is CC12CC3CC(C1)C1(OCC(COC(=O)C45CC6CC7CC(C4)C7(C6)C5)(COC(=O)C45CC6CC7CC(C4)C5(C7)C6)CO1)C(C3)C2. The van der Waals surface area contributed by atoms with Crippen molar-refractivity contribution in [1.29, 1.82) is 0 Å². The minimum absolute atomic E-state index is 0.0288. The van der Waals surface area contributed by atoms with Crippen molar-refractivity contribution in [1.82, 2.24) is 0 Å². The summed E-state index contributed by atoms with van der Waals surface area (Å²) < 4.78 is 27.0. The molecule has 1 heterocycles. The van der Waals surface area contributed by atoms with E-state index in [4.69, 9.17) is 18.9 Å². The van der Waals surface area contributed by atoms with Gasteiger partial charge in [-0.2, -0.15) is 0 Å². The molecule has 12 unspecified atom stereocenters. The van der Waals surface area contributed by atoms with Crippen LogP contribution in [-0.2, 0) is 28.5 Å². The van der Waals surface area contributed by atoms with Crippen LogP contribution in [0.2, 0.25) is 0 Å². The van der Waals surface area contributed by atoms with Crippen LogP contribution < -0.4 is 0 Å². The van der Waals surface area contributed by atoms with E-state index < -0.39 is 11.2 Å². The Bertz CT molecular complexity index is 1400. The molecule has 6 heteroatoms. The topological polar surface area (TPSA) is 71.1 Å². The van der Waals surface area contributed by atoms with Crippen molar-refractivity contribution < 1.29 is 28.5 Å². The Balaban J connectivity index is 0.804. The largest absolute Gasteiger partial charge is 0.464 e. The normalized spacial score (nSPS) is 63.1. The van der Waals surface area contributed by atoms with Gasteiger partial charge in [-0.05, 0) is 167 Å². The van der Waals surface area contributed by atoms with Crippen LogP contribution in [0.4, 0.5) is 0 Å². The quantitative estimate of drug-likeness (QED) is 0.292. The maximum Gasteiger partial charge on any atom is 0.312 e. The molecule has 12 atom stereocenters. The number of rotatable bonds is 6. The summed E-state index contributed by atoms with van der Waals surface area (Å²) in [5.74, 6) is 5.85. The first-order valence-corrected chi connectivity index (χ1v) is 19.7. The summed E-state index contributed by atoms with van der Waals surface area (Å²) in [6, 6.07) is 0. The van der Waals surface area contributed by atoms with Gasteiger partial charge in [0, 0.05) is 11.8 Å². The van der Waals surface area contributed by atoms with Gasteiger partial charge in [-0.3, -0.25) is 9.59 Å². The number of hydrogen-bond acceptors (Lipinski definition) is 6. The number of carbonyl (C=O) groups is 2. The molecular formula is C40H54O6. The van der Waals surface area contributed by atoms with Crippen LogP contribution in [0.5, 0.6) is 0 Å². The lowest BCUT2D eigenvalue weighted by atomic mass is 9.46. The van der Waals surface area contributed by atoms with Gasteiger partial charge >= 0.3 is 11.9 Å². The Morgan fingerprint density at radius 2 is 1.28 bits per heavy atom. The Labute approximate surface area is 274 Å². The fourth-order valence-corrected chi connectivity index (χ4v) is 17.7. The molecule has 0 aromatic carbocycles. The molecule has 12 aliphatic carbocycles. The molecule has 13 aliphatic rings. The summed E-state index contributed by atoms with van der Waals surface area (Å²) in [6.07, 6.45) is 20.5. The van der Waals surface area contributed by atoms with E-state index in [-0.39, 0.29) is 41.4 Å². The zero-order valence-electron chi connectivity index (χ0n) is 28.0. The first kappa shape index (κ1) is 27.7. The Kier molecular flexibility index (Phi) is 4.96. The molecule has 0 amide bonds. The second-order valence-corrected chi connectivity index (χ2v) is 21.1. The van der Waals surface area contributed by atoms with E-state index in [2.05, 4.69) is 6.92 Å². The highest BCUT2D eigenvalue weighted by Crippen LogP contribution is 2.82. The molecule has 1 aliphatic heterocycles. The van der Waals surface area contributed by atoms with E-state index in [1.807, 2.05) is 0 Å². The lowest BCUT2D eigenvalue weighted by Gasteiger charge is -2.65. The van der Waals surface area contributed by atoms with E-state index in [1.165, 1.54) is 77.0 Å². The maximum atomic E-state index is 14.2. The molecular weight excluding hydrogens is 576 g/mol. The van der Waals surface area contributed by atoms with E-state index >= 15 is 0 Å². The average Bonchev–Trinajstić information content (AvgIpc) is 3.52. The summed E-state index contributed by atoms with van der Waals surface area (Å²) in [7, 11) is 0. The molecule has 46 heavy (non-hydrogen) atoms. The predicted octanol–water partition coefficient (Wildman–Crippen LogP) is 7.08. The standard InChI is InChI=1S/C40H54O6/c1-34-8-24-4-30(14-34)40(31(5-24)15-34)45-21-35(22-46-40,19-43-32(41)36-9-26-6-27-7-28(16-36)37(27,10-26)18-36)20-44-33(42)39-13-25-2-23-3-29(17-39)38(39,11-23)12-25/h23-31H,2-22H2,1H3. The van der Waals surface area contributed by atoms with Crippen molar-refractivity contribution in [3.63, 3.8) is 0 Å². The Morgan fingerprint density at radius 1 is 0.609 bits per heavy atom. The van der Waals surface area contributed by atoms with Crippen LogP contribution >= 0.6 is 0 Å². The first-order valence-electron chi connectivity index (χ1n) is 19.7. The monoisotopic (exact) mass is 630 g/mol. The van der Waals surface area contributed by atoms with Crippen LogP contribution in [-0.4, -0.2) is 44.2 Å². The fraction of sp³-hybridized carbons (Fsp3) is 0.950. The molecule has 0 aromatic heterocycles. The van der Waals surface area contributed by atoms with Gasteiger partial charge in [0.2, 0.25) is 0 Å². The highest BCUT2D eigenvalue weighted by Gasteiger charge is 2.78. The second kappa shape index (κ2) is 8.24. The van der Waals surface area contributed by atoms with Crippen LogP contribution in [0.3, 0.4) is 0 Å². The van der Waals surface area contributed by atoms with Crippen molar-refractivity contribution in [2.24, 2.45) is 85.8 Å². The summed E-state index contributed by atoms with van der Waals surface area (Å²) >= 11 is 0. The van der Waals surface area contributed by atoms with Gasteiger partial charge in [0.1, 0.15) is 13.2 Å². The molecule has 1 saturated heterocycles. The van der Waals surface area contributed by atoms with Crippen molar-refractivity contribution in [2.45, 2.75) is 122 Å². The Hall–Kier alpha value is -1.14. The predicted molar refractivity (Wildman–Crippen MR) is 167 cm³/mol. The van der Waals surface area contributed by atoms with Gasteiger partial charge in [-0.1, -0.05) is 6.92 Å². The summed E-state index contributed by atoms with van der Waals surface area (Å²) in [6.45, 7) is 3.88. The lowest BCUT2D eigenvalue weighted by molar-refractivity contribution is -0.392. The first-order chi connectivity index (χ1) is 22.1. The van der Waals surface area contributed by atoms with Crippen LogP contribution in [0, 0.1) is 85.8 Å². The van der Waals surface area contributed by atoms with Gasteiger partial charge in [0.25, 0.3) is 0 Å². The molecule has 12 saturated carbocycles. The molecule has 3 spiro atoms. The minimum atomic E-state index is -0.638. The number of hydrogen-bond donors (Lipinski definition) is 0. The van der Waals surface area contributed by atoms with E-state index in [1.54, 1.807) is 0 Å². The second-order valence-electron chi connectivity index (χ2n) is 21.1. The van der Waals surface area contributed by atoms with Crippen LogP contribution in [0.1, 0.15) is 116 Å². The molecule has 10 bridgehead atoms. The smallest absolute Gasteiger partial charge is 0.312 e. The zero-order chi connectivity index (χ0) is 30.5. The van der Waals surface area contributed by atoms with Crippen LogP contribution in [0.25, 0.3) is 0 Å². The number of ether oxygens (including phenoxy) is 4. The van der Waals surface area contributed by atoms with Gasteiger partial charge in [0.05, 0.1) is 29.5 Å². The molecule has 6 nitrogen and oxygen atoms in total. The van der Waals surface area contributed by atoms with Crippen molar-refractivity contribution >= 4 is 11.9 Å². The molecule has 13 rings (SSSR count). The summed E-state index contributed by atoms with van der Waals surface area (Å²) in [5, 5.41) is 0. The minimum Gasteiger partial charge on any atom is -0.464 e. The van der Waals surface area contributed by atoms with Crippen molar-refractivity contribution in [3.8, 4) is 0 Å². The molecule has 0 aromatic rings. The van der Waals surface area contributed by atoms with Gasteiger partial charge in [0.15, 0.2) is 5.79 Å². The number of carbonyl (C=O) groups excluding carboxylic acids is 2. The number of esters is 2. The summed E-state index contributed by atoms with van der Waals surface area (Å²) in [4.78, 5) is 28.4. The molecule has 13 fully saturated rings. The summed E-state index contributed by atoms with van der Waals surface area (Å²) in [5.41, 5.74) is -0.0857. The lowest BCUT2D eigenvalue weighted by Crippen LogP contribution is -2.67. The third kappa shape index (κ3) is 3.09. The Morgan fingerprint density at radius 3 is 2.07 bits per heavy atom. The van der Waals surface area contributed by atoms with Gasteiger partial charge in [-0.15, -0.1) is 0 Å². The molecule has 250 valence electrons. The van der Waals surface area contributed by atoms with E-state index in [0.717, 1.165) is 61.7 Å². The van der Waals surface area contributed by atoms with Crippen molar-refractivity contribution in [3.05, 3.63) is 0 Å². The maximum absolute atomic E-state index is 14.2. The van der Waals surface area contributed by atoms with Crippen LogP contribution in [0.15, 0.2) is 0 Å².